The van der Waals surface area contributed by atoms with Crippen molar-refractivity contribution >= 4 is 45.1 Å². The lowest BCUT2D eigenvalue weighted by Gasteiger charge is -2.25. The maximum atomic E-state index is 12.4. The monoisotopic (exact) mass is 477 g/mol. The van der Waals surface area contributed by atoms with Crippen molar-refractivity contribution in [3.8, 4) is 11.5 Å². The maximum absolute atomic E-state index is 12.4. The first-order chi connectivity index (χ1) is 16.2. The molecule has 0 bridgehead atoms. The number of para-hydroxylation sites is 3. The Bertz CT molecular complexity index is 1270. The summed E-state index contributed by atoms with van der Waals surface area (Å²) in [6.07, 6.45) is -0.845. The molecule has 0 saturated carbocycles. The van der Waals surface area contributed by atoms with Gasteiger partial charge < -0.3 is 9.47 Å². The van der Waals surface area contributed by atoms with E-state index in [0.29, 0.717) is 17.1 Å². The molecule has 1 unspecified atom stereocenters. The summed E-state index contributed by atoms with van der Waals surface area (Å²) in [6.45, 7) is 0.0692. The zero-order valence-electron chi connectivity index (χ0n) is 17.3. The summed E-state index contributed by atoms with van der Waals surface area (Å²) < 4.78 is 13.3. The third kappa shape index (κ3) is 4.94. The number of fused-ring (bicyclic) bond motifs is 2. The molecule has 0 radical (unpaired) electrons. The molecule has 9 heteroatoms. The van der Waals surface area contributed by atoms with Gasteiger partial charge in [-0.15, -0.1) is 11.3 Å². The van der Waals surface area contributed by atoms with Gasteiger partial charge >= 0.3 is 0 Å². The second kappa shape index (κ2) is 9.51. The van der Waals surface area contributed by atoms with Gasteiger partial charge in [-0.05, 0) is 42.0 Å². The molecule has 2 N–H and O–H groups in total. The van der Waals surface area contributed by atoms with Gasteiger partial charge in [0.05, 0.1) is 10.2 Å². The molecular formula is C24H19N3O4S2. The van der Waals surface area contributed by atoms with E-state index in [0.717, 1.165) is 21.2 Å². The summed E-state index contributed by atoms with van der Waals surface area (Å²) >= 11 is 3.33. The van der Waals surface area contributed by atoms with Crippen LogP contribution in [0.5, 0.6) is 11.5 Å². The molecule has 5 rings (SSSR count). The van der Waals surface area contributed by atoms with Crippen LogP contribution in [-0.4, -0.2) is 29.5 Å². The molecule has 1 aromatic heterocycles. The van der Waals surface area contributed by atoms with E-state index >= 15 is 0 Å². The van der Waals surface area contributed by atoms with E-state index in [1.54, 1.807) is 53.4 Å². The van der Waals surface area contributed by atoms with Crippen LogP contribution in [0.25, 0.3) is 10.2 Å². The summed E-state index contributed by atoms with van der Waals surface area (Å²) in [7, 11) is 0. The van der Waals surface area contributed by atoms with Crippen LogP contribution in [0.3, 0.4) is 0 Å². The van der Waals surface area contributed by atoms with Crippen molar-refractivity contribution in [3.05, 3.63) is 83.9 Å². The summed E-state index contributed by atoms with van der Waals surface area (Å²) in [5.41, 5.74) is 7.35. The van der Waals surface area contributed by atoms with E-state index in [2.05, 4.69) is 21.9 Å². The van der Waals surface area contributed by atoms with Crippen molar-refractivity contribution in [1.82, 2.24) is 15.8 Å². The van der Waals surface area contributed by atoms with Gasteiger partial charge in [-0.2, -0.15) is 0 Å². The maximum Gasteiger partial charge on any atom is 0.283 e. The number of ether oxygens (including phenoxy) is 2. The van der Waals surface area contributed by atoms with Crippen LogP contribution in [0.15, 0.2) is 77.1 Å². The van der Waals surface area contributed by atoms with Gasteiger partial charge in [0.25, 0.3) is 11.8 Å². The predicted octanol–water partition coefficient (Wildman–Crippen LogP) is 4.19. The van der Waals surface area contributed by atoms with Crippen LogP contribution in [0.4, 0.5) is 0 Å². The Hall–Kier alpha value is -3.56. The number of hydrogen-bond donors (Lipinski definition) is 2. The van der Waals surface area contributed by atoms with Crippen LogP contribution in [0, 0.1) is 0 Å². The fourth-order valence-electron chi connectivity index (χ4n) is 3.23. The lowest BCUT2D eigenvalue weighted by atomic mass is 10.1. The summed E-state index contributed by atoms with van der Waals surface area (Å²) in [5.74, 6) is 0.938. The summed E-state index contributed by atoms with van der Waals surface area (Å²) in [6, 6.07) is 22.4. The minimum atomic E-state index is -0.845. The fourth-order valence-corrected chi connectivity index (χ4v) is 5.25. The van der Waals surface area contributed by atoms with E-state index in [1.165, 1.54) is 4.70 Å². The SMILES string of the molecule is O=C(NNC(=O)C1COc2ccccc2O1)c1ccc(CSc2nc3ccccc3s2)cc1. The van der Waals surface area contributed by atoms with Crippen molar-refractivity contribution in [2.45, 2.75) is 16.2 Å². The van der Waals surface area contributed by atoms with Crippen LogP contribution in [0.1, 0.15) is 15.9 Å². The predicted molar refractivity (Wildman–Crippen MR) is 128 cm³/mol. The van der Waals surface area contributed by atoms with Crippen LogP contribution in [-0.2, 0) is 10.5 Å². The zero-order valence-corrected chi connectivity index (χ0v) is 18.9. The Morgan fingerprint density at radius 1 is 0.970 bits per heavy atom. The lowest BCUT2D eigenvalue weighted by molar-refractivity contribution is -0.131. The molecule has 0 spiro atoms. The Kier molecular flexibility index (Phi) is 6.14. The average Bonchev–Trinajstić information content (AvgIpc) is 3.29. The number of thiazole rings is 1. The third-order valence-electron chi connectivity index (χ3n) is 4.95. The van der Waals surface area contributed by atoms with Crippen molar-refractivity contribution in [2.75, 3.05) is 6.61 Å². The van der Waals surface area contributed by atoms with Gasteiger partial charge in [0.1, 0.15) is 6.61 Å². The minimum absolute atomic E-state index is 0.0692. The summed E-state index contributed by atoms with van der Waals surface area (Å²) in [4.78, 5) is 29.4. The normalized spacial score (nSPS) is 14.6. The van der Waals surface area contributed by atoms with Crippen LogP contribution in [0.2, 0.25) is 0 Å². The largest absolute Gasteiger partial charge is 0.485 e. The van der Waals surface area contributed by atoms with Crippen molar-refractivity contribution in [3.63, 3.8) is 0 Å². The molecule has 0 aliphatic carbocycles. The van der Waals surface area contributed by atoms with E-state index < -0.39 is 17.9 Å². The highest BCUT2D eigenvalue weighted by Crippen LogP contribution is 2.32. The number of hydrogen-bond acceptors (Lipinski definition) is 7. The Labute approximate surface area is 198 Å². The topological polar surface area (TPSA) is 89.6 Å². The second-order valence-electron chi connectivity index (χ2n) is 7.24. The molecule has 1 aliphatic heterocycles. The number of carbonyl (C=O) groups excluding carboxylic acids is 2. The number of carbonyl (C=O) groups is 2. The van der Waals surface area contributed by atoms with Gasteiger partial charge in [0.15, 0.2) is 15.8 Å². The Morgan fingerprint density at radius 2 is 1.73 bits per heavy atom. The molecule has 1 aliphatic rings. The number of nitrogens with one attached hydrogen (secondary N) is 2. The van der Waals surface area contributed by atoms with Gasteiger partial charge in [-0.1, -0.05) is 48.2 Å². The quantitative estimate of drug-likeness (QED) is 0.331. The second-order valence-corrected chi connectivity index (χ2v) is 9.49. The molecule has 3 aromatic carbocycles. The van der Waals surface area contributed by atoms with Crippen LogP contribution < -0.4 is 20.3 Å². The first-order valence-electron chi connectivity index (χ1n) is 10.2. The van der Waals surface area contributed by atoms with Crippen LogP contribution >= 0.6 is 23.1 Å². The van der Waals surface area contributed by atoms with E-state index in [-0.39, 0.29) is 6.61 Å². The van der Waals surface area contributed by atoms with Gasteiger partial charge in [-0.25, -0.2) is 4.98 Å². The molecule has 4 aromatic rings. The summed E-state index contributed by atoms with van der Waals surface area (Å²) in [5, 5.41) is 0. The molecule has 0 saturated heterocycles. The fraction of sp³-hybridized carbons (Fsp3) is 0.125. The number of hydrazine groups is 1. The molecule has 2 amide bonds. The average molecular weight is 478 g/mol. The Balaban J connectivity index is 1.12. The molecule has 7 nitrogen and oxygen atoms in total. The smallest absolute Gasteiger partial charge is 0.283 e. The molecule has 1 atom stereocenters. The van der Waals surface area contributed by atoms with E-state index in [9.17, 15) is 9.59 Å². The first kappa shape index (κ1) is 21.3. The van der Waals surface area contributed by atoms with Gasteiger partial charge in [0.2, 0.25) is 6.10 Å². The third-order valence-corrected chi connectivity index (χ3v) is 7.20. The van der Waals surface area contributed by atoms with Crippen molar-refractivity contribution in [1.29, 1.82) is 0 Å². The molecule has 0 fully saturated rings. The first-order valence-corrected chi connectivity index (χ1v) is 12.0. The van der Waals surface area contributed by atoms with Gasteiger partial charge in [0, 0.05) is 11.3 Å². The molecule has 33 heavy (non-hydrogen) atoms. The molecule has 166 valence electrons. The van der Waals surface area contributed by atoms with E-state index in [4.69, 9.17) is 9.47 Å². The number of benzene rings is 3. The Morgan fingerprint density at radius 3 is 2.55 bits per heavy atom. The number of aromatic nitrogens is 1. The molecule has 2 heterocycles. The number of amides is 2. The zero-order chi connectivity index (χ0) is 22.6. The number of rotatable bonds is 5. The van der Waals surface area contributed by atoms with Crippen molar-refractivity contribution < 1.29 is 19.1 Å². The highest BCUT2D eigenvalue weighted by molar-refractivity contribution is 8.00. The minimum Gasteiger partial charge on any atom is -0.485 e. The van der Waals surface area contributed by atoms with E-state index in [1.807, 2.05) is 36.4 Å². The van der Waals surface area contributed by atoms with Gasteiger partial charge in [-0.3, -0.25) is 20.4 Å². The lowest BCUT2D eigenvalue weighted by Crippen LogP contribution is -2.50. The molecular weight excluding hydrogens is 458 g/mol. The number of nitrogens with zero attached hydrogens (tertiary/aromatic N) is 1. The van der Waals surface area contributed by atoms with Crippen molar-refractivity contribution in [2.24, 2.45) is 0 Å². The standard InChI is InChI=1S/C24H19N3O4S2/c28-22(26-27-23(29)20-13-30-18-6-2-3-7-19(18)31-20)16-11-9-15(10-12-16)14-32-24-25-17-5-1-4-8-21(17)33-24/h1-12,20H,13-14H2,(H,26,28)(H,27,29). The number of thioether (sulfide) groups is 1. The highest BCUT2D eigenvalue weighted by atomic mass is 32.2. The highest BCUT2D eigenvalue weighted by Gasteiger charge is 2.27.